The van der Waals surface area contributed by atoms with Crippen molar-refractivity contribution in [1.82, 2.24) is 10.4 Å². The van der Waals surface area contributed by atoms with Gasteiger partial charge in [0, 0.05) is 6.08 Å². The molecule has 2 aliphatic heterocycles. The molecule has 0 aromatic rings. The summed E-state index contributed by atoms with van der Waals surface area (Å²) in [5, 5.41) is 4.76. The number of hydrogen-bond donors (Lipinski definition) is 1. The monoisotopic (exact) mass is 182 g/mol. The van der Waals surface area contributed by atoms with Crippen LogP contribution < -0.4 is 5.32 Å². The van der Waals surface area contributed by atoms with E-state index in [9.17, 15) is 4.79 Å². The highest BCUT2D eigenvalue weighted by Crippen LogP contribution is 2.32. The summed E-state index contributed by atoms with van der Waals surface area (Å²) in [7, 11) is 1.55. The Morgan fingerprint density at radius 1 is 1.54 bits per heavy atom. The number of rotatable bonds is 1. The van der Waals surface area contributed by atoms with Crippen LogP contribution in [-0.4, -0.2) is 36.7 Å². The van der Waals surface area contributed by atoms with Gasteiger partial charge in [-0.2, -0.15) is 0 Å². The molecule has 0 saturated carbocycles. The van der Waals surface area contributed by atoms with E-state index < -0.39 is 0 Å². The van der Waals surface area contributed by atoms with Crippen LogP contribution in [0.1, 0.15) is 12.8 Å². The minimum atomic E-state index is -0.170. The maximum atomic E-state index is 11.4. The predicted octanol–water partition coefficient (Wildman–Crippen LogP) is 0.0684. The molecule has 2 aliphatic rings. The van der Waals surface area contributed by atoms with Crippen LogP contribution in [0.25, 0.3) is 0 Å². The maximum Gasteiger partial charge on any atom is 0.270 e. The fraction of sp³-hybridized carbons (Fsp3) is 0.667. The van der Waals surface area contributed by atoms with Crippen molar-refractivity contribution in [2.45, 2.75) is 18.4 Å². The zero-order valence-electron chi connectivity index (χ0n) is 7.75. The van der Waals surface area contributed by atoms with E-state index in [1.165, 1.54) is 5.06 Å². The number of nitrogens with zero attached hydrogens (tertiary/aromatic N) is 1. The van der Waals surface area contributed by atoms with Gasteiger partial charge in [-0.05, 0) is 25.9 Å². The molecule has 0 atom stereocenters. The fourth-order valence-electron chi connectivity index (χ4n) is 2.08. The molecule has 0 aromatic carbocycles. The molecule has 1 spiro atoms. The average Bonchev–Trinajstić information content (AvgIpc) is 2.45. The largest absolute Gasteiger partial charge is 0.317 e. The molecule has 4 heteroatoms. The van der Waals surface area contributed by atoms with Gasteiger partial charge in [0.15, 0.2) is 0 Å². The van der Waals surface area contributed by atoms with Crippen LogP contribution in [-0.2, 0) is 9.63 Å². The first-order chi connectivity index (χ1) is 6.28. The summed E-state index contributed by atoms with van der Waals surface area (Å²) in [5.41, 5.74) is -0.170. The van der Waals surface area contributed by atoms with Gasteiger partial charge in [0.1, 0.15) is 0 Å². The quantitative estimate of drug-likeness (QED) is 0.624. The molecule has 0 unspecified atom stereocenters. The molecule has 4 nitrogen and oxygen atoms in total. The fourth-order valence-corrected chi connectivity index (χ4v) is 2.08. The third-order valence-corrected chi connectivity index (χ3v) is 2.79. The van der Waals surface area contributed by atoms with E-state index in [0.29, 0.717) is 0 Å². The van der Waals surface area contributed by atoms with Crippen molar-refractivity contribution in [3.8, 4) is 0 Å². The lowest BCUT2D eigenvalue weighted by Gasteiger charge is -2.38. The molecular formula is C9H14N2O2. The van der Waals surface area contributed by atoms with Crippen molar-refractivity contribution in [2.24, 2.45) is 0 Å². The second kappa shape index (κ2) is 3.12. The van der Waals surface area contributed by atoms with Crippen molar-refractivity contribution in [3.63, 3.8) is 0 Å². The number of carbonyl (C=O) groups excluding carboxylic acids is 1. The van der Waals surface area contributed by atoms with Crippen LogP contribution in [0.5, 0.6) is 0 Å². The first-order valence-electron chi connectivity index (χ1n) is 4.57. The molecule has 0 aliphatic carbocycles. The summed E-state index contributed by atoms with van der Waals surface area (Å²) in [4.78, 5) is 16.5. The Hall–Kier alpha value is -0.870. The molecule has 1 saturated heterocycles. The lowest BCUT2D eigenvalue weighted by molar-refractivity contribution is -0.194. The SMILES string of the molecule is CON1C(=O)C=CC12CCNCC2. The Labute approximate surface area is 77.5 Å². The first kappa shape index (κ1) is 8.72. The average molecular weight is 182 g/mol. The van der Waals surface area contributed by atoms with Crippen molar-refractivity contribution < 1.29 is 9.63 Å². The van der Waals surface area contributed by atoms with Crippen LogP contribution in [0, 0.1) is 0 Å². The van der Waals surface area contributed by atoms with E-state index in [-0.39, 0.29) is 11.4 Å². The maximum absolute atomic E-state index is 11.4. The van der Waals surface area contributed by atoms with Crippen LogP contribution >= 0.6 is 0 Å². The van der Waals surface area contributed by atoms with Crippen molar-refractivity contribution in [3.05, 3.63) is 12.2 Å². The number of carbonyl (C=O) groups is 1. The number of hydroxylamine groups is 2. The molecule has 72 valence electrons. The van der Waals surface area contributed by atoms with E-state index in [1.807, 2.05) is 6.08 Å². The Morgan fingerprint density at radius 2 is 2.23 bits per heavy atom. The topological polar surface area (TPSA) is 41.6 Å². The molecular weight excluding hydrogens is 168 g/mol. The second-order valence-electron chi connectivity index (χ2n) is 3.50. The summed E-state index contributed by atoms with van der Waals surface area (Å²) >= 11 is 0. The summed E-state index contributed by atoms with van der Waals surface area (Å²) < 4.78 is 0. The molecule has 1 fully saturated rings. The Kier molecular flexibility index (Phi) is 2.09. The molecule has 0 bridgehead atoms. The molecule has 1 N–H and O–H groups in total. The van der Waals surface area contributed by atoms with Gasteiger partial charge < -0.3 is 5.32 Å². The number of hydrogen-bond acceptors (Lipinski definition) is 3. The van der Waals surface area contributed by atoms with Crippen molar-refractivity contribution >= 4 is 5.91 Å². The van der Waals surface area contributed by atoms with Crippen LogP contribution in [0.4, 0.5) is 0 Å². The standard InChI is InChI=1S/C9H14N2O2/c1-13-11-8(12)2-3-9(11)4-6-10-7-5-9/h2-3,10H,4-7H2,1H3. The van der Waals surface area contributed by atoms with Gasteiger partial charge in [0.25, 0.3) is 5.91 Å². The van der Waals surface area contributed by atoms with Gasteiger partial charge in [0.05, 0.1) is 12.6 Å². The number of amides is 1. The Bertz CT molecular complexity index is 244. The zero-order chi connectivity index (χ0) is 9.31. The minimum absolute atomic E-state index is 0.0376. The van der Waals surface area contributed by atoms with Crippen LogP contribution in [0.15, 0.2) is 12.2 Å². The second-order valence-corrected chi connectivity index (χ2v) is 3.50. The van der Waals surface area contributed by atoms with Crippen molar-refractivity contribution in [2.75, 3.05) is 20.2 Å². The van der Waals surface area contributed by atoms with Gasteiger partial charge in [-0.1, -0.05) is 6.08 Å². The molecule has 2 heterocycles. The highest BCUT2D eigenvalue weighted by Gasteiger charge is 2.42. The van der Waals surface area contributed by atoms with Crippen LogP contribution in [0.2, 0.25) is 0 Å². The summed E-state index contributed by atoms with van der Waals surface area (Å²) in [6.45, 7) is 1.88. The third kappa shape index (κ3) is 1.26. The van der Waals surface area contributed by atoms with E-state index in [2.05, 4.69) is 5.32 Å². The molecule has 13 heavy (non-hydrogen) atoms. The van der Waals surface area contributed by atoms with E-state index in [1.54, 1.807) is 13.2 Å². The normalized spacial score (nSPS) is 25.9. The summed E-state index contributed by atoms with van der Waals surface area (Å²) in [6.07, 6.45) is 5.45. The van der Waals surface area contributed by atoms with E-state index >= 15 is 0 Å². The van der Waals surface area contributed by atoms with Gasteiger partial charge in [0.2, 0.25) is 0 Å². The summed E-state index contributed by atoms with van der Waals surface area (Å²) in [6, 6.07) is 0. The lowest BCUT2D eigenvalue weighted by atomic mass is 9.89. The molecule has 1 amide bonds. The molecule has 0 radical (unpaired) electrons. The van der Waals surface area contributed by atoms with E-state index in [0.717, 1.165) is 25.9 Å². The lowest BCUT2D eigenvalue weighted by Crippen LogP contribution is -2.51. The third-order valence-electron chi connectivity index (χ3n) is 2.79. The van der Waals surface area contributed by atoms with Crippen LogP contribution in [0.3, 0.4) is 0 Å². The van der Waals surface area contributed by atoms with E-state index in [4.69, 9.17) is 4.84 Å². The molecule has 0 aromatic heterocycles. The smallest absolute Gasteiger partial charge is 0.270 e. The number of piperidine rings is 1. The summed E-state index contributed by atoms with van der Waals surface area (Å²) in [5.74, 6) is -0.0376. The Balaban J connectivity index is 2.20. The zero-order valence-corrected chi connectivity index (χ0v) is 7.75. The highest BCUT2D eigenvalue weighted by atomic mass is 16.7. The first-order valence-corrected chi connectivity index (χ1v) is 4.57. The molecule has 2 rings (SSSR count). The Morgan fingerprint density at radius 3 is 2.85 bits per heavy atom. The highest BCUT2D eigenvalue weighted by molar-refractivity contribution is 5.90. The van der Waals surface area contributed by atoms with Gasteiger partial charge in [-0.15, -0.1) is 0 Å². The van der Waals surface area contributed by atoms with Crippen molar-refractivity contribution in [1.29, 1.82) is 0 Å². The number of nitrogens with one attached hydrogen (secondary N) is 1. The minimum Gasteiger partial charge on any atom is -0.317 e. The van der Waals surface area contributed by atoms with Gasteiger partial charge in [-0.25, -0.2) is 5.06 Å². The predicted molar refractivity (Wildman–Crippen MR) is 47.8 cm³/mol. The van der Waals surface area contributed by atoms with Gasteiger partial charge >= 0.3 is 0 Å². The van der Waals surface area contributed by atoms with Gasteiger partial charge in [-0.3, -0.25) is 9.63 Å².